The second kappa shape index (κ2) is 13.0. The van der Waals surface area contributed by atoms with Crippen LogP contribution >= 0.6 is 0 Å². The van der Waals surface area contributed by atoms with Crippen molar-refractivity contribution < 1.29 is 4.79 Å². The Labute approximate surface area is 196 Å². The lowest BCUT2D eigenvalue weighted by Gasteiger charge is -2.25. The van der Waals surface area contributed by atoms with Gasteiger partial charge in [0.2, 0.25) is 0 Å². The molecule has 5 heteroatoms. The van der Waals surface area contributed by atoms with Crippen LogP contribution in [0.25, 0.3) is 11.0 Å². The zero-order valence-corrected chi connectivity index (χ0v) is 21.7. The van der Waals surface area contributed by atoms with Gasteiger partial charge in [-0.15, -0.1) is 0 Å². The summed E-state index contributed by atoms with van der Waals surface area (Å²) >= 11 is 0. The lowest BCUT2D eigenvalue weighted by Crippen LogP contribution is -2.34. The maximum atomic E-state index is 13.4. The Morgan fingerprint density at radius 3 is 2.22 bits per heavy atom. The minimum atomic E-state index is 0.152. The van der Waals surface area contributed by atoms with E-state index in [-0.39, 0.29) is 5.91 Å². The summed E-state index contributed by atoms with van der Waals surface area (Å²) in [5.41, 5.74) is 2.85. The van der Waals surface area contributed by atoms with Crippen molar-refractivity contribution in [2.75, 3.05) is 32.7 Å². The number of carbonyl (C=O) groups is 1. The van der Waals surface area contributed by atoms with Crippen LogP contribution < -0.4 is 0 Å². The van der Waals surface area contributed by atoms with Crippen LogP contribution in [0.1, 0.15) is 83.4 Å². The Hall–Kier alpha value is -1.88. The van der Waals surface area contributed by atoms with Gasteiger partial charge in [-0.25, -0.2) is 4.98 Å². The van der Waals surface area contributed by atoms with Gasteiger partial charge in [0, 0.05) is 25.2 Å². The zero-order valence-electron chi connectivity index (χ0n) is 21.7. The van der Waals surface area contributed by atoms with Crippen molar-refractivity contribution in [1.82, 2.24) is 19.4 Å². The molecule has 2 rings (SSSR count). The van der Waals surface area contributed by atoms with E-state index in [1.165, 1.54) is 6.42 Å². The number of benzene rings is 1. The van der Waals surface area contributed by atoms with Crippen LogP contribution in [0, 0.1) is 18.8 Å². The molecule has 0 aliphatic carbocycles. The van der Waals surface area contributed by atoms with E-state index in [4.69, 9.17) is 4.98 Å². The fourth-order valence-electron chi connectivity index (χ4n) is 4.18. The lowest BCUT2D eigenvalue weighted by atomic mass is 10.1. The molecule has 0 bridgehead atoms. The fourth-order valence-corrected chi connectivity index (χ4v) is 4.18. The first-order valence-corrected chi connectivity index (χ1v) is 12.7. The molecule has 0 atom stereocenters. The monoisotopic (exact) mass is 442 g/mol. The third kappa shape index (κ3) is 7.61. The molecule has 1 amide bonds. The molecule has 1 heterocycles. The summed E-state index contributed by atoms with van der Waals surface area (Å²) in [6, 6.07) is 6.04. The van der Waals surface area contributed by atoms with E-state index in [9.17, 15) is 4.79 Å². The molecule has 32 heavy (non-hydrogen) atoms. The molecule has 1 aromatic heterocycles. The van der Waals surface area contributed by atoms with Crippen molar-refractivity contribution in [2.24, 2.45) is 11.8 Å². The molecule has 0 fully saturated rings. The van der Waals surface area contributed by atoms with E-state index < -0.39 is 0 Å². The summed E-state index contributed by atoms with van der Waals surface area (Å²) in [6.45, 7) is 21.4. The molecular weight excluding hydrogens is 396 g/mol. The highest BCUT2D eigenvalue weighted by atomic mass is 16.2. The third-order valence-electron chi connectivity index (χ3n) is 6.27. The molecule has 0 spiro atoms. The van der Waals surface area contributed by atoms with Crippen LogP contribution in [-0.4, -0.2) is 58.0 Å². The molecular formula is C27H46N4O. The second-order valence-corrected chi connectivity index (χ2v) is 9.96. The van der Waals surface area contributed by atoms with Gasteiger partial charge < -0.3 is 14.4 Å². The van der Waals surface area contributed by atoms with E-state index in [2.05, 4.69) is 68.9 Å². The summed E-state index contributed by atoms with van der Waals surface area (Å²) in [7, 11) is 0. The zero-order chi connectivity index (χ0) is 23.7. The Morgan fingerprint density at radius 2 is 1.66 bits per heavy atom. The van der Waals surface area contributed by atoms with Crippen LogP contribution in [0.15, 0.2) is 18.2 Å². The highest BCUT2D eigenvalue weighted by molar-refractivity contribution is 5.97. The number of nitrogens with zero attached hydrogens (tertiary/aromatic N) is 4. The van der Waals surface area contributed by atoms with Crippen molar-refractivity contribution in [2.45, 2.75) is 80.7 Å². The Bertz CT molecular complexity index is 828. The minimum Gasteiger partial charge on any atom is -0.339 e. The molecule has 1 aromatic carbocycles. The number of rotatable bonds is 14. The average Bonchev–Trinajstić information content (AvgIpc) is 3.06. The highest BCUT2D eigenvalue weighted by Gasteiger charge is 2.18. The van der Waals surface area contributed by atoms with Crippen molar-refractivity contribution in [3.8, 4) is 0 Å². The first kappa shape index (κ1) is 26.4. The normalized spacial score (nSPS) is 11.9. The van der Waals surface area contributed by atoms with E-state index in [1.807, 2.05) is 12.1 Å². The van der Waals surface area contributed by atoms with Gasteiger partial charge in [-0.3, -0.25) is 4.79 Å². The van der Waals surface area contributed by atoms with Gasteiger partial charge in [0.15, 0.2) is 0 Å². The van der Waals surface area contributed by atoms with Crippen molar-refractivity contribution in [3.05, 3.63) is 29.6 Å². The first-order valence-electron chi connectivity index (χ1n) is 12.7. The van der Waals surface area contributed by atoms with E-state index in [0.29, 0.717) is 11.8 Å². The van der Waals surface area contributed by atoms with Gasteiger partial charge in [-0.2, -0.15) is 0 Å². The molecule has 2 aromatic rings. The SMILES string of the molecule is CCCN(CC)CCCn1c(C)nc2ccc(C(=O)N(CCC(C)C)CCC(C)C)cc21. The lowest BCUT2D eigenvalue weighted by molar-refractivity contribution is 0.0741. The number of aryl methyl sites for hydroxylation is 2. The average molecular weight is 443 g/mol. The fraction of sp³-hybridized carbons (Fsp3) is 0.704. The Balaban J connectivity index is 2.20. The van der Waals surface area contributed by atoms with Gasteiger partial charge in [0.1, 0.15) is 5.82 Å². The number of aromatic nitrogens is 2. The van der Waals surface area contributed by atoms with Crippen molar-refractivity contribution in [3.63, 3.8) is 0 Å². The van der Waals surface area contributed by atoms with Crippen molar-refractivity contribution in [1.29, 1.82) is 0 Å². The van der Waals surface area contributed by atoms with E-state index in [1.54, 1.807) is 0 Å². The maximum Gasteiger partial charge on any atom is 0.253 e. The smallest absolute Gasteiger partial charge is 0.253 e. The molecule has 0 aliphatic rings. The summed E-state index contributed by atoms with van der Waals surface area (Å²) in [5.74, 6) is 2.36. The van der Waals surface area contributed by atoms with Crippen LogP contribution in [0.4, 0.5) is 0 Å². The number of amides is 1. The standard InChI is InChI=1S/C27H46N4O/c1-8-15-29(9-2)16-10-17-31-23(7)28-25-12-11-24(20-26(25)31)27(32)30(18-13-21(3)4)19-14-22(5)6/h11-12,20-22H,8-10,13-19H2,1-7H3. The molecule has 0 radical (unpaired) electrons. The highest BCUT2D eigenvalue weighted by Crippen LogP contribution is 2.20. The Kier molecular flexibility index (Phi) is 10.7. The van der Waals surface area contributed by atoms with E-state index in [0.717, 1.165) is 81.0 Å². The Morgan fingerprint density at radius 1 is 1.00 bits per heavy atom. The summed E-state index contributed by atoms with van der Waals surface area (Å²) in [6.07, 6.45) is 4.35. The molecule has 180 valence electrons. The predicted octanol–water partition coefficient (Wildman–Crippen LogP) is 6.00. The topological polar surface area (TPSA) is 41.4 Å². The molecule has 0 N–H and O–H groups in total. The molecule has 5 nitrogen and oxygen atoms in total. The number of carbonyl (C=O) groups excluding carboxylic acids is 1. The summed E-state index contributed by atoms with van der Waals surface area (Å²) < 4.78 is 2.29. The molecule has 0 aliphatic heterocycles. The first-order chi connectivity index (χ1) is 15.3. The number of imidazole rings is 1. The van der Waals surface area contributed by atoms with Gasteiger partial charge in [-0.05, 0) is 82.3 Å². The quantitative estimate of drug-likeness (QED) is 0.360. The number of hydrogen-bond acceptors (Lipinski definition) is 3. The number of hydrogen-bond donors (Lipinski definition) is 0. The van der Waals surface area contributed by atoms with Gasteiger partial charge >= 0.3 is 0 Å². The van der Waals surface area contributed by atoms with Crippen LogP contribution in [0.5, 0.6) is 0 Å². The number of fused-ring (bicyclic) bond motifs is 1. The minimum absolute atomic E-state index is 0.152. The van der Waals surface area contributed by atoms with Crippen LogP contribution in [0.3, 0.4) is 0 Å². The maximum absolute atomic E-state index is 13.4. The van der Waals surface area contributed by atoms with E-state index >= 15 is 0 Å². The molecule has 0 saturated carbocycles. The largest absolute Gasteiger partial charge is 0.339 e. The van der Waals surface area contributed by atoms with Gasteiger partial charge in [0.05, 0.1) is 11.0 Å². The van der Waals surface area contributed by atoms with Gasteiger partial charge in [-0.1, -0.05) is 41.5 Å². The summed E-state index contributed by atoms with van der Waals surface area (Å²) in [5, 5.41) is 0. The third-order valence-corrected chi connectivity index (χ3v) is 6.27. The van der Waals surface area contributed by atoms with Crippen LogP contribution in [0.2, 0.25) is 0 Å². The molecule has 0 unspecified atom stereocenters. The molecule has 0 saturated heterocycles. The predicted molar refractivity (Wildman–Crippen MR) is 136 cm³/mol. The summed E-state index contributed by atoms with van der Waals surface area (Å²) in [4.78, 5) is 22.8. The van der Waals surface area contributed by atoms with Gasteiger partial charge in [0.25, 0.3) is 5.91 Å². The second-order valence-electron chi connectivity index (χ2n) is 9.96. The van der Waals surface area contributed by atoms with Crippen molar-refractivity contribution >= 4 is 16.9 Å². The van der Waals surface area contributed by atoms with Crippen LogP contribution in [-0.2, 0) is 6.54 Å².